The van der Waals surface area contributed by atoms with E-state index in [9.17, 15) is 21.9 Å². The van der Waals surface area contributed by atoms with E-state index in [1.165, 1.54) is 19.2 Å². The van der Waals surface area contributed by atoms with E-state index in [2.05, 4.69) is 0 Å². The summed E-state index contributed by atoms with van der Waals surface area (Å²) >= 11 is 5.87. The molecule has 0 saturated heterocycles. The molecular weight excluding hydrogens is 338 g/mol. The average Bonchev–Trinajstić information content (AvgIpc) is 2.36. The number of benzene rings is 1. The maximum Gasteiger partial charge on any atom is 0.243 e. The molecule has 0 aliphatic heterocycles. The predicted octanol–water partition coefficient (Wildman–Crippen LogP) is 0.806. The molecule has 0 spiro atoms. The standard InChI is InChI=1S/C12H18ClNO5S2/c1-9-10(8-15)6-11(13)7-12(9)21(18,19)14(2)4-5-20(3,16)17/h6-7,15H,4-5,8H2,1-3H3. The van der Waals surface area contributed by atoms with Gasteiger partial charge in [-0.05, 0) is 30.2 Å². The lowest BCUT2D eigenvalue weighted by molar-refractivity contribution is 0.280. The molecule has 0 bridgehead atoms. The summed E-state index contributed by atoms with van der Waals surface area (Å²) in [4.78, 5) is -0.0324. The molecule has 0 amide bonds. The van der Waals surface area contributed by atoms with Gasteiger partial charge in [-0.2, -0.15) is 4.31 Å². The monoisotopic (exact) mass is 355 g/mol. The molecule has 0 atom stereocenters. The van der Waals surface area contributed by atoms with E-state index >= 15 is 0 Å². The zero-order valence-corrected chi connectivity index (χ0v) is 14.4. The van der Waals surface area contributed by atoms with Crippen LogP contribution in [0.15, 0.2) is 17.0 Å². The molecule has 1 aromatic rings. The first-order valence-electron chi connectivity index (χ1n) is 6.03. The largest absolute Gasteiger partial charge is 0.392 e. The van der Waals surface area contributed by atoms with Crippen LogP contribution in [0.25, 0.3) is 0 Å². The second kappa shape index (κ2) is 6.62. The Hall–Kier alpha value is -0.670. The van der Waals surface area contributed by atoms with Crippen LogP contribution in [-0.4, -0.2) is 51.8 Å². The van der Waals surface area contributed by atoms with Gasteiger partial charge in [0.15, 0.2) is 0 Å². The third-order valence-corrected chi connectivity index (χ3v) is 6.19. The predicted molar refractivity (Wildman–Crippen MR) is 81.6 cm³/mol. The van der Waals surface area contributed by atoms with Crippen LogP contribution in [0.1, 0.15) is 11.1 Å². The van der Waals surface area contributed by atoms with Crippen molar-refractivity contribution < 1.29 is 21.9 Å². The molecule has 120 valence electrons. The van der Waals surface area contributed by atoms with Gasteiger partial charge in [-0.1, -0.05) is 11.6 Å². The van der Waals surface area contributed by atoms with Crippen LogP contribution in [0.5, 0.6) is 0 Å². The van der Waals surface area contributed by atoms with Crippen LogP contribution in [0.4, 0.5) is 0 Å². The fraction of sp³-hybridized carbons (Fsp3) is 0.500. The Balaban J connectivity index is 3.22. The second-order valence-electron chi connectivity index (χ2n) is 4.80. The van der Waals surface area contributed by atoms with E-state index in [1.807, 2.05) is 0 Å². The quantitative estimate of drug-likeness (QED) is 0.815. The Bertz CT molecular complexity index is 728. The van der Waals surface area contributed by atoms with Crippen LogP contribution in [0, 0.1) is 6.92 Å². The summed E-state index contributed by atoms with van der Waals surface area (Å²) < 4.78 is 48.2. The second-order valence-corrected chi connectivity index (χ2v) is 9.51. The lowest BCUT2D eigenvalue weighted by atomic mass is 10.1. The van der Waals surface area contributed by atoms with Crippen molar-refractivity contribution in [3.8, 4) is 0 Å². The van der Waals surface area contributed by atoms with Gasteiger partial charge >= 0.3 is 0 Å². The molecule has 1 aromatic carbocycles. The molecule has 0 radical (unpaired) electrons. The van der Waals surface area contributed by atoms with E-state index in [1.54, 1.807) is 6.92 Å². The van der Waals surface area contributed by atoms with E-state index in [4.69, 9.17) is 11.6 Å². The van der Waals surface area contributed by atoms with Crippen molar-refractivity contribution >= 4 is 31.5 Å². The Kier molecular flexibility index (Phi) is 5.79. The number of sulfone groups is 1. The number of hydrogen-bond donors (Lipinski definition) is 1. The van der Waals surface area contributed by atoms with Gasteiger partial charge in [0.25, 0.3) is 0 Å². The van der Waals surface area contributed by atoms with Crippen molar-refractivity contribution in [2.45, 2.75) is 18.4 Å². The SMILES string of the molecule is Cc1c(CO)cc(Cl)cc1S(=O)(=O)N(C)CCS(C)(=O)=O. The average molecular weight is 356 g/mol. The zero-order chi connectivity index (χ0) is 16.4. The minimum Gasteiger partial charge on any atom is -0.392 e. The van der Waals surface area contributed by atoms with Gasteiger partial charge in [-0.3, -0.25) is 0 Å². The van der Waals surface area contributed by atoms with Gasteiger partial charge in [-0.15, -0.1) is 0 Å². The van der Waals surface area contributed by atoms with Crippen LogP contribution in [0.2, 0.25) is 5.02 Å². The van der Waals surface area contributed by atoms with E-state index in [-0.39, 0.29) is 28.8 Å². The van der Waals surface area contributed by atoms with E-state index in [0.29, 0.717) is 11.1 Å². The van der Waals surface area contributed by atoms with Crippen molar-refractivity contribution in [1.82, 2.24) is 4.31 Å². The van der Waals surface area contributed by atoms with Gasteiger partial charge in [0.1, 0.15) is 9.84 Å². The van der Waals surface area contributed by atoms with Gasteiger partial charge in [0.2, 0.25) is 10.0 Å². The third kappa shape index (κ3) is 4.65. The highest BCUT2D eigenvalue weighted by molar-refractivity contribution is 7.91. The van der Waals surface area contributed by atoms with Crippen LogP contribution in [0.3, 0.4) is 0 Å². The molecule has 0 saturated carbocycles. The Morgan fingerprint density at radius 2 is 1.81 bits per heavy atom. The maximum absolute atomic E-state index is 12.5. The molecule has 0 aromatic heterocycles. The minimum absolute atomic E-state index is 0.0324. The minimum atomic E-state index is -3.87. The molecular formula is C12H18ClNO5S2. The van der Waals surface area contributed by atoms with Crippen LogP contribution >= 0.6 is 11.6 Å². The summed E-state index contributed by atoms with van der Waals surface area (Å²) in [5.41, 5.74) is 0.811. The molecule has 21 heavy (non-hydrogen) atoms. The molecule has 0 aliphatic carbocycles. The van der Waals surface area contributed by atoms with Crippen molar-refractivity contribution in [1.29, 1.82) is 0 Å². The lowest BCUT2D eigenvalue weighted by Gasteiger charge is -2.19. The smallest absolute Gasteiger partial charge is 0.243 e. The number of halogens is 1. The summed E-state index contributed by atoms with van der Waals surface area (Å²) in [6, 6.07) is 2.79. The topological polar surface area (TPSA) is 91.8 Å². The number of hydrogen-bond acceptors (Lipinski definition) is 5. The van der Waals surface area contributed by atoms with Crippen molar-refractivity contribution in [3.63, 3.8) is 0 Å². The Labute approximate surface area is 130 Å². The highest BCUT2D eigenvalue weighted by Gasteiger charge is 2.25. The van der Waals surface area contributed by atoms with Crippen molar-refractivity contribution in [2.75, 3.05) is 25.6 Å². The van der Waals surface area contributed by atoms with Gasteiger partial charge in [0, 0.05) is 24.9 Å². The number of rotatable bonds is 6. The fourth-order valence-electron chi connectivity index (χ4n) is 1.72. The lowest BCUT2D eigenvalue weighted by Crippen LogP contribution is -2.32. The number of aliphatic hydroxyl groups is 1. The number of aliphatic hydroxyl groups excluding tert-OH is 1. The summed E-state index contributed by atoms with van der Waals surface area (Å²) in [6.45, 7) is 1.09. The Morgan fingerprint density at radius 3 is 2.29 bits per heavy atom. The molecule has 6 nitrogen and oxygen atoms in total. The summed E-state index contributed by atoms with van der Waals surface area (Å²) in [7, 11) is -5.83. The first-order chi connectivity index (χ1) is 9.49. The summed E-state index contributed by atoms with van der Waals surface area (Å²) in [5, 5.41) is 9.43. The molecule has 1 rings (SSSR count). The van der Waals surface area contributed by atoms with Crippen molar-refractivity contribution in [2.24, 2.45) is 0 Å². The molecule has 9 heteroatoms. The van der Waals surface area contributed by atoms with E-state index in [0.717, 1.165) is 10.6 Å². The highest BCUT2D eigenvalue weighted by Crippen LogP contribution is 2.26. The molecule has 1 N–H and O–H groups in total. The molecule has 0 fully saturated rings. The van der Waals surface area contributed by atoms with E-state index < -0.39 is 19.9 Å². The maximum atomic E-state index is 12.5. The fourth-order valence-corrected chi connectivity index (χ4v) is 4.21. The summed E-state index contributed by atoms with van der Waals surface area (Å²) in [5.74, 6) is -0.269. The molecule has 0 aliphatic rings. The Morgan fingerprint density at radius 1 is 1.24 bits per heavy atom. The van der Waals surface area contributed by atoms with Crippen LogP contribution < -0.4 is 0 Å². The third-order valence-electron chi connectivity index (χ3n) is 3.07. The first kappa shape index (κ1) is 18.4. The van der Waals surface area contributed by atoms with Crippen molar-refractivity contribution in [3.05, 3.63) is 28.3 Å². The molecule has 0 unspecified atom stereocenters. The zero-order valence-electron chi connectivity index (χ0n) is 12.0. The highest BCUT2D eigenvalue weighted by atomic mass is 35.5. The molecule has 0 heterocycles. The number of sulfonamides is 1. The van der Waals surface area contributed by atoms with Gasteiger partial charge < -0.3 is 5.11 Å². The first-order valence-corrected chi connectivity index (χ1v) is 9.91. The van der Waals surface area contributed by atoms with Gasteiger partial charge in [0.05, 0.1) is 17.3 Å². The van der Waals surface area contributed by atoms with Gasteiger partial charge in [-0.25, -0.2) is 16.8 Å². The number of nitrogens with zero attached hydrogens (tertiary/aromatic N) is 1. The van der Waals surface area contributed by atoms with Crippen LogP contribution in [-0.2, 0) is 26.5 Å². The normalized spacial score (nSPS) is 12.9. The summed E-state index contributed by atoms with van der Waals surface area (Å²) in [6.07, 6.45) is 1.04.